The molecule has 0 aliphatic carbocycles. The van der Waals surface area contributed by atoms with Crippen LogP contribution in [0.1, 0.15) is 27.5 Å². The second-order valence-electron chi connectivity index (χ2n) is 7.02. The molecule has 4 aromatic rings. The first-order valence-corrected chi connectivity index (χ1v) is 9.71. The van der Waals surface area contributed by atoms with Gasteiger partial charge in [-0.2, -0.15) is 0 Å². The molecule has 3 N–H and O–H groups in total. The summed E-state index contributed by atoms with van der Waals surface area (Å²) in [6.45, 7) is 4.09. The van der Waals surface area contributed by atoms with Gasteiger partial charge in [0.05, 0.1) is 35.2 Å². The molecule has 0 aliphatic rings. The fourth-order valence-electron chi connectivity index (χ4n) is 2.97. The molecule has 0 atom stereocenters. The summed E-state index contributed by atoms with van der Waals surface area (Å²) in [5, 5.41) is 8.27. The average molecular weight is 415 g/mol. The lowest BCUT2D eigenvalue weighted by atomic mass is 10.1. The zero-order valence-electron chi connectivity index (χ0n) is 17.1. The zero-order valence-corrected chi connectivity index (χ0v) is 17.1. The van der Waals surface area contributed by atoms with Crippen LogP contribution in [-0.2, 0) is 6.54 Å². The van der Waals surface area contributed by atoms with Crippen molar-refractivity contribution >= 4 is 34.3 Å². The van der Waals surface area contributed by atoms with Crippen molar-refractivity contribution in [3.05, 3.63) is 83.6 Å². The fraction of sp³-hybridized carbons (Fsp3) is 0.130. The number of hydrogen-bond acceptors (Lipinski definition) is 5. The number of anilines is 2. The Hall–Kier alpha value is -4.20. The number of furan rings is 1. The van der Waals surface area contributed by atoms with E-state index in [4.69, 9.17) is 4.42 Å². The van der Waals surface area contributed by atoms with Crippen LogP contribution in [0.5, 0.6) is 0 Å². The van der Waals surface area contributed by atoms with Crippen molar-refractivity contribution in [2.75, 3.05) is 10.6 Å². The summed E-state index contributed by atoms with van der Waals surface area (Å²) in [5.74, 6) is 0.414. The Kier molecular flexibility index (Phi) is 5.61. The highest BCUT2D eigenvalue weighted by Gasteiger charge is 2.10. The van der Waals surface area contributed by atoms with Gasteiger partial charge in [0.2, 0.25) is 0 Å². The van der Waals surface area contributed by atoms with Gasteiger partial charge in [-0.15, -0.1) is 0 Å². The SMILES string of the molecule is Cc1nc2ccc(C(=O)Nc3ccc(NC(=O)NCc4ccco4)cc3)cc2nc1C. The molecule has 156 valence electrons. The number of rotatable bonds is 5. The molecule has 0 unspecified atom stereocenters. The number of aryl methyl sites for hydroxylation is 2. The standard InChI is InChI=1S/C23H21N5O3/c1-14-15(2)26-21-12-16(5-10-20(21)25-14)22(29)27-17-6-8-18(9-7-17)28-23(30)24-13-19-4-3-11-31-19/h3-12H,13H2,1-2H3,(H,27,29)(H2,24,28,30). The van der Waals surface area contributed by atoms with Crippen LogP contribution in [0, 0.1) is 13.8 Å². The quantitative estimate of drug-likeness (QED) is 0.447. The van der Waals surface area contributed by atoms with Crippen molar-refractivity contribution < 1.29 is 14.0 Å². The molecule has 8 heteroatoms. The third kappa shape index (κ3) is 4.87. The van der Waals surface area contributed by atoms with E-state index in [0.717, 1.165) is 16.9 Å². The first-order valence-electron chi connectivity index (χ1n) is 9.71. The van der Waals surface area contributed by atoms with Crippen LogP contribution in [0.15, 0.2) is 65.3 Å². The maximum absolute atomic E-state index is 12.6. The summed E-state index contributed by atoms with van der Waals surface area (Å²) in [5.41, 5.74) is 4.83. The Labute approximate surface area is 178 Å². The molecule has 3 amide bonds. The first-order chi connectivity index (χ1) is 15.0. The molecule has 0 bridgehead atoms. The zero-order chi connectivity index (χ0) is 21.8. The lowest BCUT2D eigenvalue weighted by Crippen LogP contribution is -2.27. The molecule has 4 rings (SSSR count). The van der Waals surface area contributed by atoms with E-state index < -0.39 is 0 Å². The molecule has 0 fully saturated rings. The molecule has 2 aromatic heterocycles. The minimum Gasteiger partial charge on any atom is -0.467 e. The van der Waals surface area contributed by atoms with Crippen molar-refractivity contribution in [1.82, 2.24) is 15.3 Å². The molecule has 0 spiro atoms. The van der Waals surface area contributed by atoms with Crippen molar-refractivity contribution in [3.8, 4) is 0 Å². The molecular weight excluding hydrogens is 394 g/mol. The van der Waals surface area contributed by atoms with E-state index in [2.05, 4.69) is 25.9 Å². The highest BCUT2D eigenvalue weighted by atomic mass is 16.3. The maximum atomic E-state index is 12.6. The average Bonchev–Trinajstić information content (AvgIpc) is 3.28. The van der Waals surface area contributed by atoms with Gasteiger partial charge in [-0.05, 0) is 68.4 Å². The summed E-state index contributed by atoms with van der Waals surface area (Å²) >= 11 is 0. The number of benzene rings is 2. The summed E-state index contributed by atoms with van der Waals surface area (Å²) in [4.78, 5) is 33.6. The predicted octanol–water partition coefficient (Wildman–Crippen LogP) is 4.41. The van der Waals surface area contributed by atoms with Crippen LogP contribution in [0.2, 0.25) is 0 Å². The van der Waals surface area contributed by atoms with Gasteiger partial charge in [-0.1, -0.05) is 0 Å². The Morgan fingerprint density at radius 1 is 0.871 bits per heavy atom. The van der Waals surface area contributed by atoms with Crippen molar-refractivity contribution in [3.63, 3.8) is 0 Å². The number of fused-ring (bicyclic) bond motifs is 1. The summed E-state index contributed by atoms with van der Waals surface area (Å²) < 4.78 is 5.17. The number of carbonyl (C=O) groups excluding carboxylic acids is 2. The topological polar surface area (TPSA) is 109 Å². The minimum absolute atomic E-state index is 0.251. The summed E-state index contributed by atoms with van der Waals surface area (Å²) in [7, 11) is 0. The van der Waals surface area contributed by atoms with E-state index in [1.54, 1.807) is 60.9 Å². The van der Waals surface area contributed by atoms with Gasteiger partial charge in [0.25, 0.3) is 5.91 Å². The Bertz CT molecular complexity index is 1230. The van der Waals surface area contributed by atoms with Crippen molar-refractivity contribution in [2.24, 2.45) is 0 Å². The monoisotopic (exact) mass is 415 g/mol. The normalized spacial score (nSPS) is 10.6. The van der Waals surface area contributed by atoms with Gasteiger partial charge in [0.15, 0.2) is 0 Å². The summed E-state index contributed by atoms with van der Waals surface area (Å²) in [6, 6.07) is 15.3. The van der Waals surface area contributed by atoms with Crippen LogP contribution in [0.3, 0.4) is 0 Å². The highest BCUT2D eigenvalue weighted by molar-refractivity contribution is 6.06. The second-order valence-corrected chi connectivity index (χ2v) is 7.02. The van der Waals surface area contributed by atoms with Gasteiger partial charge in [-0.3, -0.25) is 4.79 Å². The van der Waals surface area contributed by atoms with E-state index in [9.17, 15) is 9.59 Å². The largest absolute Gasteiger partial charge is 0.467 e. The molecule has 8 nitrogen and oxygen atoms in total. The van der Waals surface area contributed by atoms with E-state index in [1.807, 2.05) is 13.8 Å². The number of hydrogen-bond donors (Lipinski definition) is 3. The Morgan fingerprint density at radius 3 is 2.23 bits per heavy atom. The number of nitrogens with zero attached hydrogens (tertiary/aromatic N) is 2. The van der Waals surface area contributed by atoms with Crippen LogP contribution in [0.25, 0.3) is 11.0 Å². The predicted molar refractivity (Wildman–Crippen MR) is 118 cm³/mol. The molecule has 0 saturated carbocycles. The Balaban J connectivity index is 1.37. The molecular formula is C23H21N5O3. The molecule has 0 radical (unpaired) electrons. The molecule has 0 saturated heterocycles. The van der Waals surface area contributed by atoms with Crippen LogP contribution in [-0.4, -0.2) is 21.9 Å². The lowest BCUT2D eigenvalue weighted by molar-refractivity contribution is 0.102. The molecule has 2 heterocycles. The fourth-order valence-corrected chi connectivity index (χ4v) is 2.97. The number of amides is 3. The highest BCUT2D eigenvalue weighted by Crippen LogP contribution is 2.18. The number of aromatic nitrogens is 2. The number of nitrogens with one attached hydrogen (secondary N) is 3. The van der Waals surface area contributed by atoms with E-state index >= 15 is 0 Å². The van der Waals surface area contributed by atoms with Gasteiger partial charge in [0, 0.05) is 16.9 Å². The number of carbonyl (C=O) groups is 2. The first kappa shape index (κ1) is 20.1. The maximum Gasteiger partial charge on any atom is 0.319 e. The van der Waals surface area contributed by atoms with E-state index in [0.29, 0.717) is 34.8 Å². The third-order valence-electron chi connectivity index (χ3n) is 4.74. The summed E-state index contributed by atoms with van der Waals surface area (Å²) in [6.07, 6.45) is 1.55. The number of urea groups is 1. The van der Waals surface area contributed by atoms with Gasteiger partial charge < -0.3 is 20.4 Å². The van der Waals surface area contributed by atoms with Crippen LogP contribution >= 0.6 is 0 Å². The second kappa shape index (κ2) is 8.66. The minimum atomic E-state index is -0.351. The Morgan fingerprint density at radius 2 is 1.55 bits per heavy atom. The van der Waals surface area contributed by atoms with E-state index in [-0.39, 0.29) is 11.9 Å². The van der Waals surface area contributed by atoms with Crippen molar-refractivity contribution in [1.29, 1.82) is 0 Å². The molecule has 0 aliphatic heterocycles. The lowest BCUT2D eigenvalue weighted by Gasteiger charge is -2.09. The third-order valence-corrected chi connectivity index (χ3v) is 4.74. The smallest absolute Gasteiger partial charge is 0.319 e. The molecule has 31 heavy (non-hydrogen) atoms. The van der Waals surface area contributed by atoms with Crippen LogP contribution < -0.4 is 16.0 Å². The molecule has 2 aromatic carbocycles. The van der Waals surface area contributed by atoms with Gasteiger partial charge in [-0.25, -0.2) is 14.8 Å². The van der Waals surface area contributed by atoms with Gasteiger partial charge in [0.1, 0.15) is 5.76 Å². The van der Waals surface area contributed by atoms with Crippen LogP contribution in [0.4, 0.5) is 16.2 Å². The van der Waals surface area contributed by atoms with E-state index in [1.165, 1.54) is 0 Å². The van der Waals surface area contributed by atoms with Gasteiger partial charge >= 0.3 is 6.03 Å². The van der Waals surface area contributed by atoms with Crippen molar-refractivity contribution in [2.45, 2.75) is 20.4 Å².